The molecule has 1 amide bonds. The molecule has 1 atom stereocenters. The summed E-state index contributed by atoms with van der Waals surface area (Å²) in [5.74, 6) is -2.48. The summed E-state index contributed by atoms with van der Waals surface area (Å²) in [5, 5.41) is 11.2. The number of carboxylic acid groups (broad SMARTS) is 1. The number of hydrogen-bond acceptors (Lipinski definition) is 2. The zero-order valence-corrected chi connectivity index (χ0v) is 9.44. The number of aliphatic carboxylic acids is 1. The Bertz CT molecular complexity index is 420. The van der Waals surface area contributed by atoms with E-state index in [2.05, 4.69) is 5.32 Å². The van der Waals surface area contributed by atoms with Crippen molar-refractivity contribution in [3.8, 4) is 0 Å². The number of nitrogens with one attached hydrogen (secondary N) is 1. The van der Waals surface area contributed by atoms with Crippen LogP contribution in [0.15, 0.2) is 24.3 Å². The Hall–Kier alpha value is -1.91. The fraction of sp³-hybridized carbons (Fsp3) is 0.333. The minimum absolute atomic E-state index is 0.144. The van der Waals surface area contributed by atoms with Crippen LogP contribution in [-0.4, -0.2) is 23.0 Å². The maximum atomic E-state index is 13.3. The van der Waals surface area contributed by atoms with E-state index in [4.69, 9.17) is 5.11 Å². The van der Waals surface area contributed by atoms with Gasteiger partial charge in [0.15, 0.2) is 0 Å². The second kappa shape index (κ2) is 5.98. The van der Waals surface area contributed by atoms with Crippen molar-refractivity contribution in [3.05, 3.63) is 35.6 Å². The summed E-state index contributed by atoms with van der Waals surface area (Å²) in [6.45, 7) is 1.81. The van der Waals surface area contributed by atoms with E-state index in [0.717, 1.165) is 6.07 Å². The number of hydrogen-bond donors (Lipinski definition) is 2. The molecule has 0 aliphatic carbocycles. The van der Waals surface area contributed by atoms with Crippen molar-refractivity contribution in [3.63, 3.8) is 0 Å². The van der Waals surface area contributed by atoms with Crippen LogP contribution in [0.2, 0.25) is 0 Å². The Morgan fingerprint density at radius 2 is 2.06 bits per heavy atom. The van der Waals surface area contributed by atoms with Gasteiger partial charge in [0.2, 0.25) is 0 Å². The summed E-state index contributed by atoms with van der Waals surface area (Å²) < 4.78 is 13.3. The van der Waals surface area contributed by atoms with Crippen molar-refractivity contribution in [2.75, 3.05) is 0 Å². The number of carbonyl (C=O) groups excluding carboxylic acids is 1. The molecule has 0 bridgehead atoms. The Kier molecular flexibility index (Phi) is 4.63. The predicted molar refractivity (Wildman–Crippen MR) is 60.2 cm³/mol. The fourth-order valence-electron chi connectivity index (χ4n) is 1.43. The third kappa shape index (κ3) is 3.55. The number of carbonyl (C=O) groups is 2. The SMILES string of the molecule is CCCC(NC(=O)c1ccccc1F)C(=O)O. The number of rotatable bonds is 5. The minimum atomic E-state index is -1.11. The van der Waals surface area contributed by atoms with Crippen LogP contribution in [-0.2, 0) is 4.79 Å². The largest absolute Gasteiger partial charge is 0.480 e. The van der Waals surface area contributed by atoms with E-state index >= 15 is 0 Å². The van der Waals surface area contributed by atoms with Crippen molar-refractivity contribution in [2.24, 2.45) is 0 Å². The second-order valence-corrected chi connectivity index (χ2v) is 3.63. The smallest absolute Gasteiger partial charge is 0.326 e. The van der Waals surface area contributed by atoms with Crippen LogP contribution in [0.25, 0.3) is 0 Å². The summed E-state index contributed by atoms with van der Waals surface area (Å²) in [6.07, 6.45) is 0.935. The molecule has 17 heavy (non-hydrogen) atoms. The summed E-state index contributed by atoms with van der Waals surface area (Å²) in [6, 6.07) is 4.48. The van der Waals surface area contributed by atoms with Crippen LogP contribution in [0, 0.1) is 5.82 Å². The third-order valence-electron chi connectivity index (χ3n) is 2.30. The van der Waals surface area contributed by atoms with Crippen molar-refractivity contribution < 1.29 is 19.1 Å². The van der Waals surface area contributed by atoms with Crippen LogP contribution in [0.3, 0.4) is 0 Å². The molecule has 1 unspecified atom stereocenters. The molecule has 4 nitrogen and oxygen atoms in total. The minimum Gasteiger partial charge on any atom is -0.480 e. The topological polar surface area (TPSA) is 66.4 Å². The summed E-state index contributed by atoms with van der Waals surface area (Å²) in [4.78, 5) is 22.5. The van der Waals surface area contributed by atoms with Gasteiger partial charge in [0.1, 0.15) is 11.9 Å². The number of carboxylic acids is 1. The third-order valence-corrected chi connectivity index (χ3v) is 2.30. The lowest BCUT2D eigenvalue weighted by Crippen LogP contribution is -2.40. The van der Waals surface area contributed by atoms with Gasteiger partial charge in [-0.1, -0.05) is 25.5 Å². The Balaban J connectivity index is 2.77. The molecule has 5 heteroatoms. The van der Waals surface area contributed by atoms with E-state index in [0.29, 0.717) is 12.8 Å². The van der Waals surface area contributed by atoms with E-state index in [1.165, 1.54) is 18.2 Å². The van der Waals surface area contributed by atoms with Gasteiger partial charge in [-0.15, -0.1) is 0 Å². The van der Waals surface area contributed by atoms with Gasteiger partial charge in [-0.25, -0.2) is 9.18 Å². The van der Waals surface area contributed by atoms with Crippen LogP contribution in [0.5, 0.6) is 0 Å². The molecule has 0 radical (unpaired) electrons. The molecular weight excluding hydrogens is 225 g/mol. The van der Waals surface area contributed by atoms with Crippen molar-refractivity contribution in [1.82, 2.24) is 5.32 Å². The van der Waals surface area contributed by atoms with E-state index in [1.807, 2.05) is 6.92 Å². The molecule has 2 N–H and O–H groups in total. The number of benzene rings is 1. The van der Waals surface area contributed by atoms with Gasteiger partial charge in [-0.3, -0.25) is 4.79 Å². The molecule has 0 fully saturated rings. The van der Waals surface area contributed by atoms with Crippen molar-refractivity contribution in [2.45, 2.75) is 25.8 Å². The monoisotopic (exact) mass is 239 g/mol. The standard InChI is InChI=1S/C12H14FNO3/c1-2-5-10(12(16)17)14-11(15)8-6-3-4-7-9(8)13/h3-4,6-7,10H,2,5H2,1H3,(H,14,15)(H,16,17). The first kappa shape index (κ1) is 13.2. The average molecular weight is 239 g/mol. The van der Waals surface area contributed by atoms with Crippen molar-refractivity contribution in [1.29, 1.82) is 0 Å². The average Bonchev–Trinajstić information content (AvgIpc) is 2.28. The highest BCUT2D eigenvalue weighted by molar-refractivity contribution is 5.96. The molecule has 0 heterocycles. The molecule has 0 aromatic heterocycles. The van der Waals surface area contributed by atoms with Gasteiger partial charge in [0.05, 0.1) is 5.56 Å². The molecule has 0 saturated heterocycles. The van der Waals surface area contributed by atoms with E-state index in [1.54, 1.807) is 0 Å². The fourth-order valence-corrected chi connectivity index (χ4v) is 1.43. The zero-order valence-electron chi connectivity index (χ0n) is 9.44. The highest BCUT2D eigenvalue weighted by Crippen LogP contribution is 2.07. The molecule has 1 aromatic rings. The van der Waals surface area contributed by atoms with Gasteiger partial charge in [-0.05, 0) is 18.6 Å². The summed E-state index contributed by atoms with van der Waals surface area (Å²) in [5.41, 5.74) is -0.144. The Morgan fingerprint density at radius 3 is 2.59 bits per heavy atom. The second-order valence-electron chi connectivity index (χ2n) is 3.63. The van der Waals surface area contributed by atoms with Crippen molar-refractivity contribution >= 4 is 11.9 Å². The Labute approximate surface area is 98.5 Å². The number of halogens is 1. The van der Waals surface area contributed by atoms with Crippen LogP contribution >= 0.6 is 0 Å². The highest BCUT2D eigenvalue weighted by Gasteiger charge is 2.20. The van der Waals surface area contributed by atoms with E-state index in [-0.39, 0.29) is 5.56 Å². The quantitative estimate of drug-likeness (QED) is 0.823. The Morgan fingerprint density at radius 1 is 1.41 bits per heavy atom. The predicted octanol–water partition coefficient (Wildman–Crippen LogP) is 1.81. The zero-order chi connectivity index (χ0) is 12.8. The van der Waals surface area contributed by atoms with E-state index < -0.39 is 23.7 Å². The highest BCUT2D eigenvalue weighted by atomic mass is 19.1. The normalized spacial score (nSPS) is 11.9. The summed E-state index contributed by atoms with van der Waals surface area (Å²) in [7, 11) is 0. The number of amides is 1. The van der Waals surface area contributed by atoms with Gasteiger partial charge >= 0.3 is 5.97 Å². The maximum absolute atomic E-state index is 13.3. The summed E-state index contributed by atoms with van der Waals surface area (Å²) >= 11 is 0. The van der Waals surface area contributed by atoms with Crippen LogP contribution in [0.1, 0.15) is 30.1 Å². The maximum Gasteiger partial charge on any atom is 0.326 e. The molecular formula is C12H14FNO3. The van der Waals surface area contributed by atoms with Crippen LogP contribution < -0.4 is 5.32 Å². The molecule has 0 aliphatic rings. The molecule has 92 valence electrons. The lowest BCUT2D eigenvalue weighted by atomic mass is 10.1. The first-order valence-electron chi connectivity index (χ1n) is 5.34. The lowest BCUT2D eigenvalue weighted by Gasteiger charge is -2.13. The van der Waals surface area contributed by atoms with Gasteiger partial charge in [-0.2, -0.15) is 0 Å². The first-order valence-corrected chi connectivity index (χ1v) is 5.34. The van der Waals surface area contributed by atoms with Gasteiger partial charge in [0.25, 0.3) is 5.91 Å². The molecule has 1 aromatic carbocycles. The lowest BCUT2D eigenvalue weighted by molar-refractivity contribution is -0.139. The molecule has 0 saturated carbocycles. The molecule has 1 rings (SSSR count). The van der Waals surface area contributed by atoms with Gasteiger partial charge in [0, 0.05) is 0 Å². The van der Waals surface area contributed by atoms with Gasteiger partial charge < -0.3 is 10.4 Å². The molecule has 0 spiro atoms. The molecule has 0 aliphatic heterocycles. The van der Waals surface area contributed by atoms with Crippen LogP contribution in [0.4, 0.5) is 4.39 Å². The van der Waals surface area contributed by atoms with E-state index in [9.17, 15) is 14.0 Å². The first-order chi connectivity index (χ1) is 8.06.